The van der Waals surface area contributed by atoms with Gasteiger partial charge < -0.3 is 9.30 Å². The van der Waals surface area contributed by atoms with Crippen molar-refractivity contribution in [2.75, 3.05) is 17.6 Å². The van der Waals surface area contributed by atoms with Gasteiger partial charge in [0.1, 0.15) is 0 Å². The molecule has 0 saturated carbocycles. The number of ketones is 1. The van der Waals surface area contributed by atoms with Crippen molar-refractivity contribution in [2.24, 2.45) is 0 Å². The van der Waals surface area contributed by atoms with E-state index in [4.69, 9.17) is 10.00 Å². The van der Waals surface area contributed by atoms with Crippen LogP contribution in [0.5, 0.6) is 0 Å². The van der Waals surface area contributed by atoms with Gasteiger partial charge in [0.15, 0.2) is 6.61 Å². The number of aromatic nitrogens is 1. The summed E-state index contributed by atoms with van der Waals surface area (Å²) >= 11 is 0. The van der Waals surface area contributed by atoms with Gasteiger partial charge in [-0.1, -0.05) is 24.3 Å². The van der Waals surface area contributed by atoms with Gasteiger partial charge in [0.2, 0.25) is 15.8 Å². The van der Waals surface area contributed by atoms with Crippen LogP contribution in [0.1, 0.15) is 27.1 Å². The summed E-state index contributed by atoms with van der Waals surface area (Å²) in [5, 5.41) is 9.54. The van der Waals surface area contributed by atoms with Gasteiger partial charge in [-0.25, -0.2) is 13.2 Å². The molecule has 2 aromatic carbocycles. The number of fused-ring (bicyclic) bond motifs is 1. The summed E-state index contributed by atoms with van der Waals surface area (Å²) in [6.07, 6.45) is 2.97. The molecule has 0 atom stereocenters. The number of esters is 1. The van der Waals surface area contributed by atoms with Gasteiger partial charge in [-0.05, 0) is 24.3 Å². The van der Waals surface area contributed by atoms with Crippen LogP contribution in [0.3, 0.4) is 0 Å². The van der Waals surface area contributed by atoms with Gasteiger partial charge in [0.25, 0.3) is 0 Å². The number of ether oxygens (including phenoxy) is 1. The van der Waals surface area contributed by atoms with E-state index in [0.29, 0.717) is 18.5 Å². The van der Waals surface area contributed by atoms with E-state index in [0.717, 1.165) is 17.2 Å². The number of anilines is 1. The Morgan fingerprint density at radius 3 is 2.67 bits per heavy atom. The summed E-state index contributed by atoms with van der Waals surface area (Å²) < 4.78 is 31.9. The summed E-state index contributed by atoms with van der Waals surface area (Å²) in [5.74, 6) is -1.12. The lowest BCUT2D eigenvalue weighted by Crippen LogP contribution is -2.15. The predicted octanol–water partition coefficient (Wildman–Crippen LogP) is 2.97. The minimum Gasteiger partial charge on any atom is -0.454 e. The van der Waals surface area contributed by atoms with E-state index in [1.54, 1.807) is 18.3 Å². The fraction of sp³-hybridized carbons (Fsp3) is 0.190. The van der Waals surface area contributed by atoms with Gasteiger partial charge in [-0.15, -0.1) is 0 Å². The molecule has 0 bridgehead atoms. The largest absolute Gasteiger partial charge is 0.454 e. The van der Waals surface area contributed by atoms with Gasteiger partial charge in [0.05, 0.1) is 24.3 Å². The van der Waals surface area contributed by atoms with E-state index >= 15 is 0 Å². The van der Waals surface area contributed by atoms with Crippen LogP contribution in [0.25, 0.3) is 10.9 Å². The van der Waals surface area contributed by atoms with E-state index in [1.165, 1.54) is 24.3 Å². The number of hydrogen-bond acceptors (Lipinski definition) is 6. The van der Waals surface area contributed by atoms with Gasteiger partial charge in [-0.2, -0.15) is 5.26 Å². The zero-order valence-electron chi connectivity index (χ0n) is 16.2. The van der Waals surface area contributed by atoms with Crippen molar-refractivity contribution < 1.29 is 22.7 Å². The number of hydrogen-bond donors (Lipinski definition) is 1. The van der Waals surface area contributed by atoms with Crippen molar-refractivity contribution >= 4 is 38.4 Å². The number of para-hydroxylation sites is 1. The molecule has 0 fully saturated rings. The predicted molar refractivity (Wildman–Crippen MR) is 112 cm³/mol. The normalized spacial score (nSPS) is 11.1. The fourth-order valence-electron chi connectivity index (χ4n) is 3.04. The van der Waals surface area contributed by atoms with Crippen molar-refractivity contribution in [3.05, 3.63) is 65.9 Å². The number of sulfonamides is 1. The molecule has 8 nitrogen and oxygen atoms in total. The first kappa shape index (κ1) is 21.1. The second kappa shape index (κ2) is 8.80. The molecule has 9 heteroatoms. The lowest BCUT2D eigenvalue weighted by molar-refractivity contribution is 0.0475. The number of benzene rings is 2. The Morgan fingerprint density at radius 2 is 1.93 bits per heavy atom. The zero-order valence-corrected chi connectivity index (χ0v) is 17.0. The van der Waals surface area contributed by atoms with Crippen molar-refractivity contribution in [3.8, 4) is 6.07 Å². The highest BCUT2D eigenvalue weighted by atomic mass is 32.2. The maximum atomic E-state index is 12.7. The SMILES string of the molecule is CS(=O)(=O)Nc1cccc(C(=O)OCC(=O)c2cn(CCC#N)c3ccccc23)c1. The molecule has 1 N–H and O–H groups in total. The van der Waals surface area contributed by atoms with Gasteiger partial charge >= 0.3 is 5.97 Å². The summed E-state index contributed by atoms with van der Waals surface area (Å²) in [6, 6.07) is 15.2. The van der Waals surface area contributed by atoms with Crippen molar-refractivity contribution in [1.29, 1.82) is 5.26 Å². The van der Waals surface area contributed by atoms with Crippen LogP contribution in [0, 0.1) is 11.3 Å². The summed E-state index contributed by atoms with van der Waals surface area (Å²) in [4.78, 5) is 25.0. The third kappa shape index (κ3) is 5.04. The van der Waals surface area contributed by atoms with E-state index < -0.39 is 22.6 Å². The third-order valence-electron chi connectivity index (χ3n) is 4.29. The first-order valence-corrected chi connectivity index (χ1v) is 10.9. The molecule has 30 heavy (non-hydrogen) atoms. The highest BCUT2D eigenvalue weighted by Crippen LogP contribution is 2.22. The third-order valence-corrected chi connectivity index (χ3v) is 4.90. The van der Waals surface area contributed by atoms with E-state index in [2.05, 4.69) is 10.8 Å². The lowest BCUT2D eigenvalue weighted by atomic mass is 10.1. The average Bonchev–Trinajstić information content (AvgIpc) is 3.08. The second-order valence-corrected chi connectivity index (χ2v) is 8.36. The summed E-state index contributed by atoms with van der Waals surface area (Å²) in [7, 11) is -3.49. The zero-order chi connectivity index (χ0) is 21.7. The molecule has 0 aliphatic rings. The molecule has 3 aromatic rings. The standard InChI is InChI=1S/C21H19N3O5S/c1-30(27,28)23-16-7-4-6-15(12-16)21(26)29-14-20(25)18-13-24(11-5-10-22)19-9-3-2-8-17(18)19/h2-4,6-9,12-13,23H,5,11,14H2,1H3. The molecule has 1 aromatic heterocycles. The first-order valence-electron chi connectivity index (χ1n) is 9.01. The molecule has 0 aliphatic carbocycles. The maximum absolute atomic E-state index is 12.7. The average molecular weight is 425 g/mol. The Kier molecular flexibility index (Phi) is 6.18. The number of Topliss-reactive ketones (excluding diaryl/α,β-unsaturated/α-hetero) is 1. The maximum Gasteiger partial charge on any atom is 0.338 e. The van der Waals surface area contributed by atoms with Crippen LogP contribution < -0.4 is 4.72 Å². The number of aryl methyl sites for hydroxylation is 1. The topological polar surface area (TPSA) is 118 Å². The van der Waals surface area contributed by atoms with E-state index in [-0.39, 0.29) is 17.0 Å². The minimum atomic E-state index is -3.49. The van der Waals surface area contributed by atoms with Crippen LogP contribution in [0.2, 0.25) is 0 Å². The molecule has 3 rings (SSSR count). The summed E-state index contributed by atoms with van der Waals surface area (Å²) in [5.41, 5.74) is 1.57. The van der Waals surface area contributed by atoms with Gasteiger partial charge in [0, 0.05) is 34.9 Å². The minimum absolute atomic E-state index is 0.118. The van der Waals surface area contributed by atoms with Crippen molar-refractivity contribution in [2.45, 2.75) is 13.0 Å². The molecule has 0 amide bonds. The molecule has 154 valence electrons. The van der Waals surface area contributed by atoms with Crippen LogP contribution in [0.15, 0.2) is 54.7 Å². The molecule has 0 saturated heterocycles. The summed E-state index contributed by atoms with van der Waals surface area (Å²) in [6.45, 7) is -0.0148. The number of carbonyl (C=O) groups is 2. The Labute approximate surface area is 173 Å². The molecule has 0 spiro atoms. The molecule has 1 heterocycles. The monoisotopic (exact) mass is 425 g/mol. The Hall–Kier alpha value is -3.64. The first-order chi connectivity index (χ1) is 14.3. The highest BCUT2D eigenvalue weighted by Gasteiger charge is 2.17. The van der Waals surface area contributed by atoms with Crippen LogP contribution in [-0.4, -0.2) is 37.6 Å². The Balaban J connectivity index is 1.74. The molecular weight excluding hydrogens is 406 g/mol. The fourth-order valence-corrected chi connectivity index (χ4v) is 3.60. The van der Waals surface area contributed by atoms with Crippen molar-refractivity contribution in [1.82, 2.24) is 4.57 Å². The number of nitrogens with one attached hydrogen (secondary N) is 1. The molecular formula is C21H19N3O5S. The molecule has 0 aliphatic heterocycles. The Bertz CT molecular complexity index is 1260. The molecule has 0 unspecified atom stereocenters. The smallest absolute Gasteiger partial charge is 0.338 e. The van der Waals surface area contributed by atoms with Gasteiger partial charge in [-0.3, -0.25) is 9.52 Å². The number of rotatable bonds is 8. The Morgan fingerprint density at radius 1 is 1.17 bits per heavy atom. The van der Waals surface area contributed by atoms with E-state index in [1.807, 2.05) is 16.7 Å². The number of nitriles is 1. The highest BCUT2D eigenvalue weighted by molar-refractivity contribution is 7.92. The quantitative estimate of drug-likeness (QED) is 0.438. The number of carbonyl (C=O) groups excluding carboxylic acids is 2. The number of nitrogens with zero attached hydrogens (tertiary/aromatic N) is 2. The van der Waals surface area contributed by atoms with Crippen LogP contribution in [0.4, 0.5) is 5.69 Å². The second-order valence-electron chi connectivity index (χ2n) is 6.62. The van der Waals surface area contributed by atoms with Crippen LogP contribution in [-0.2, 0) is 21.3 Å². The lowest BCUT2D eigenvalue weighted by Gasteiger charge is -2.07. The molecule has 0 radical (unpaired) electrons. The van der Waals surface area contributed by atoms with Crippen LogP contribution >= 0.6 is 0 Å². The van der Waals surface area contributed by atoms with Crippen molar-refractivity contribution in [3.63, 3.8) is 0 Å². The van der Waals surface area contributed by atoms with E-state index in [9.17, 15) is 18.0 Å².